The number of ether oxygens (including phenoxy) is 1. The molecular formula is C16H22ClN3O. The van der Waals surface area contributed by atoms with Crippen molar-refractivity contribution >= 4 is 11.6 Å². The van der Waals surface area contributed by atoms with Gasteiger partial charge in [0, 0.05) is 32.0 Å². The highest BCUT2D eigenvalue weighted by molar-refractivity contribution is 6.32. The van der Waals surface area contributed by atoms with E-state index in [1.54, 1.807) is 7.11 Å². The Labute approximate surface area is 131 Å². The summed E-state index contributed by atoms with van der Waals surface area (Å²) >= 11 is 6.20. The molecule has 1 aromatic carbocycles. The Morgan fingerprint density at radius 3 is 2.62 bits per heavy atom. The summed E-state index contributed by atoms with van der Waals surface area (Å²) in [5.41, 5.74) is 1.17. The predicted molar refractivity (Wildman–Crippen MR) is 85.6 cm³/mol. The summed E-state index contributed by atoms with van der Waals surface area (Å²) in [5, 5.41) is 0.649. The van der Waals surface area contributed by atoms with E-state index in [0.29, 0.717) is 16.8 Å². The fourth-order valence-corrected chi connectivity index (χ4v) is 2.47. The van der Waals surface area contributed by atoms with Crippen molar-refractivity contribution in [2.75, 3.05) is 7.11 Å². The van der Waals surface area contributed by atoms with E-state index in [4.69, 9.17) is 16.3 Å². The molecule has 1 aromatic heterocycles. The number of hydrogen-bond acceptors (Lipinski definition) is 3. The highest BCUT2D eigenvalue weighted by atomic mass is 35.5. The number of benzene rings is 1. The lowest BCUT2D eigenvalue weighted by Crippen LogP contribution is -2.30. The second-order valence-electron chi connectivity index (χ2n) is 5.42. The molecular weight excluding hydrogens is 286 g/mol. The Morgan fingerprint density at radius 1 is 1.33 bits per heavy atom. The van der Waals surface area contributed by atoms with Gasteiger partial charge in [-0.15, -0.1) is 0 Å². The molecule has 0 aliphatic heterocycles. The minimum atomic E-state index is 0.419. The highest BCUT2D eigenvalue weighted by Crippen LogP contribution is 2.26. The normalized spacial score (nSPS) is 11.4. The van der Waals surface area contributed by atoms with E-state index in [1.165, 1.54) is 5.56 Å². The van der Waals surface area contributed by atoms with E-state index in [9.17, 15) is 0 Å². The first kappa shape index (κ1) is 15.9. The number of imidazole rings is 1. The van der Waals surface area contributed by atoms with Crippen molar-refractivity contribution < 1.29 is 4.74 Å². The smallest absolute Gasteiger partial charge is 0.137 e. The first-order valence-electron chi connectivity index (χ1n) is 7.04. The van der Waals surface area contributed by atoms with Crippen LogP contribution < -0.4 is 4.74 Å². The number of rotatable bonds is 6. The van der Waals surface area contributed by atoms with Crippen LogP contribution >= 0.6 is 11.6 Å². The average Bonchev–Trinajstić information content (AvgIpc) is 2.83. The van der Waals surface area contributed by atoms with E-state index in [1.807, 2.05) is 31.6 Å². The molecule has 0 saturated carbocycles. The molecule has 0 atom stereocenters. The second-order valence-corrected chi connectivity index (χ2v) is 5.83. The third kappa shape index (κ3) is 3.99. The van der Waals surface area contributed by atoms with E-state index >= 15 is 0 Å². The molecule has 4 nitrogen and oxygen atoms in total. The van der Waals surface area contributed by atoms with Crippen molar-refractivity contribution in [3.05, 3.63) is 47.0 Å². The topological polar surface area (TPSA) is 30.3 Å². The lowest BCUT2D eigenvalue weighted by molar-refractivity contribution is 0.196. The van der Waals surface area contributed by atoms with Crippen LogP contribution in [-0.4, -0.2) is 27.6 Å². The Kier molecular flexibility index (Phi) is 5.26. The standard InChI is InChI=1S/C16H22ClN3O/c1-12(2)20(11-16-18-7-8-19(16)3)10-13-5-6-15(21-4)14(17)9-13/h5-9,12H,10-11H2,1-4H3. The number of aromatic nitrogens is 2. The van der Waals surface area contributed by atoms with Gasteiger partial charge in [0.15, 0.2) is 0 Å². The molecule has 0 bridgehead atoms. The molecule has 5 heteroatoms. The maximum Gasteiger partial charge on any atom is 0.137 e. The number of methoxy groups -OCH3 is 1. The molecule has 0 saturated heterocycles. The monoisotopic (exact) mass is 307 g/mol. The summed E-state index contributed by atoms with van der Waals surface area (Å²) in [7, 11) is 3.65. The highest BCUT2D eigenvalue weighted by Gasteiger charge is 2.14. The SMILES string of the molecule is COc1ccc(CN(Cc2nccn2C)C(C)C)cc1Cl. The average molecular weight is 308 g/mol. The zero-order chi connectivity index (χ0) is 15.4. The molecule has 0 radical (unpaired) electrons. The van der Waals surface area contributed by atoms with Crippen LogP contribution in [0, 0.1) is 0 Å². The zero-order valence-electron chi connectivity index (χ0n) is 13.0. The number of nitrogens with zero attached hydrogens (tertiary/aromatic N) is 3. The molecule has 0 unspecified atom stereocenters. The van der Waals surface area contributed by atoms with Crippen molar-refractivity contribution in [2.24, 2.45) is 7.05 Å². The van der Waals surface area contributed by atoms with Crippen molar-refractivity contribution in [3.8, 4) is 5.75 Å². The van der Waals surface area contributed by atoms with Gasteiger partial charge in [-0.1, -0.05) is 17.7 Å². The number of hydrogen-bond donors (Lipinski definition) is 0. The molecule has 2 rings (SSSR count). The molecule has 0 N–H and O–H groups in total. The first-order chi connectivity index (χ1) is 10.0. The number of halogens is 1. The van der Waals surface area contributed by atoms with Gasteiger partial charge in [-0.05, 0) is 31.5 Å². The molecule has 0 aliphatic carbocycles. The lowest BCUT2D eigenvalue weighted by Gasteiger charge is -2.26. The quantitative estimate of drug-likeness (QED) is 0.818. The third-order valence-electron chi connectivity index (χ3n) is 3.60. The van der Waals surface area contributed by atoms with Gasteiger partial charge in [0.25, 0.3) is 0 Å². The zero-order valence-corrected chi connectivity index (χ0v) is 13.8. The Hall–Kier alpha value is -1.52. The molecule has 0 aliphatic rings. The molecule has 0 amide bonds. The summed E-state index contributed by atoms with van der Waals surface area (Å²) in [4.78, 5) is 6.76. The summed E-state index contributed by atoms with van der Waals surface area (Å²) in [6.45, 7) is 6.02. The Morgan fingerprint density at radius 2 is 2.10 bits per heavy atom. The third-order valence-corrected chi connectivity index (χ3v) is 3.89. The number of aryl methyl sites for hydroxylation is 1. The van der Waals surface area contributed by atoms with Crippen LogP contribution in [0.15, 0.2) is 30.6 Å². The van der Waals surface area contributed by atoms with Crippen LogP contribution in [0.1, 0.15) is 25.2 Å². The van der Waals surface area contributed by atoms with Gasteiger partial charge in [-0.25, -0.2) is 4.98 Å². The van der Waals surface area contributed by atoms with Crippen molar-refractivity contribution in [1.82, 2.24) is 14.5 Å². The van der Waals surface area contributed by atoms with E-state index < -0.39 is 0 Å². The van der Waals surface area contributed by atoms with Gasteiger partial charge in [0.05, 0.1) is 18.7 Å². The largest absolute Gasteiger partial charge is 0.495 e. The molecule has 114 valence electrons. The van der Waals surface area contributed by atoms with Crippen LogP contribution in [0.2, 0.25) is 5.02 Å². The second kappa shape index (κ2) is 6.96. The molecule has 1 heterocycles. The van der Waals surface area contributed by atoms with Gasteiger partial charge in [0.2, 0.25) is 0 Å². The minimum Gasteiger partial charge on any atom is -0.495 e. The van der Waals surface area contributed by atoms with Gasteiger partial charge in [-0.3, -0.25) is 4.90 Å². The van der Waals surface area contributed by atoms with Crippen molar-refractivity contribution in [2.45, 2.75) is 33.0 Å². The fourth-order valence-electron chi connectivity index (χ4n) is 2.19. The molecule has 21 heavy (non-hydrogen) atoms. The van der Waals surface area contributed by atoms with Gasteiger partial charge >= 0.3 is 0 Å². The summed E-state index contributed by atoms with van der Waals surface area (Å²) in [6, 6.07) is 6.35. The Balaban J connectivity index is 2.13. The lowest BCUT2D eigenvalue weighted by atomic mass is 10.1. The predicted octanol–water partition coefficient (Wildman–Crippen LogP) is 3.49. The van der Waals surface area contributed by atoms with E-state index in [0.717, 1.165) is 18.9 Å². The van der Waals surface area contributed by atoms with Crippen LogP contribution in [0.4, 0.5) is 0 Å². The van der Waals surface area contributed by atoms with Gasteiger partial charge in [0.1, 0.15) is 11.6 Å². The maximum absolute atomic E-state index is 6.20. The van der Waals surface area contributed by atoms with Crippen LogP contribution in [0.25, 0.3) is 0 Å². The first-order valence-corrected chi connectivity index (χ1v) is 7.41. The summed E-state index contributed by atoms with van der Waals surface area (Å²) in [6.07, 6.45) is 3.80. The van der Waals surface area contributed by atoms with E-state index in [2.05, 4.69) is 34.4 Å². The molecule has 0 fully saturated rings. The van der Waals surface area contributed by atoms with Crippen LogP contribution in [0.3, 0.4) is 0 Å². The van der Waals surface area contributed by atoms with Crippen LogP contribution in [-0.2, 0) is 20.1 Å². The maximum atomic E-state index is 6.20. The fraction of sp³-hybridized carbons (Fsp3) is 0.438. The van der Waals surface area contributed by atoms with E-state index in [-0.39, 0.29) is 0 Å². The molecule has 2 aromatic rings. The summed E-state index contributed by atoms with van der Waals surface area (Å²) < 4.78 is 7.25. The van der Waals surface area contributed by atoms with Gasteiger partial charge < -0.3 is 9.30 Å². The summed E-state index contributed by atoms with van der Waals surface area (Å²) in [5.74, 6) is 1.77. The minimum absolute atomic E-state index is 0.419. The Bertz CT molecular complexity index is 595. The van der Waals surface area contributed by atoms with Gasteiger partial charge in [-0.2, -0.15) is 0 Å². The van der Waals surface area contributed by atoms with Crippen molar-refractivity contribution in [1.29, 1.82) is 0 Å². The van der Waals surface area contributed by atoms with Crippen molar-refractivity contribution in [3.63, 3.8) is 0 Å². The molecule has 0 spiro atoms. The van der Waals surface area contributed by atoms with Crippen LogP contribution in [0.5, 0.6) is 5.75 Å².